The molecule has 0 unspecified atom stereocenters. The van der Waals surface area contributed by atoms with Crippen LogP contribution in [0.2, 0.25) is 0 Å². The lowest BCUT2D eigenvalue weighted by atomic mass is 10.0. The van der Waals surface area contributed by atoms with E-state index in [0.29, 0.717) is 0 Å². The Labute approximate surface area is 101 Å². The van der Waals surface area contributed by atoms with Gasteiger partial charge in [0, 0.05) is 19.2 Å². The van der Waals surface area contributed by atoms with Crippen LogP contribution in [-0.4, -0.2) is 29.1 Å². The summed E-state index contributed by atoms with van der Waals surface area (Å²) in [4.78, 5) is 12.9. The van der Waals surface area contributed by atoms with E-state index in [0.717, 1.165) is 38.0 Å². The lowest BCUT2D eigenvalue weighted by Crippen LogP contribution is -2.31. The Morgan fingerprint density at radius 1 is 1.35 bits per heavy atom. The molecule has 3 heteroatoms. The van der Waals surface area contributed by atoms with Gasteiger partial charge in [0.25, 0.3) is 0 Å². The molecule has 90 valence electrons. The molecule has 0 atom stereocenters. The van der Waals surface area contributed by atoms with Crippen LogP contribution >= 0.6 is 0 Å². The molecule has 3 nitrogen and oxygen atoms in total. The number of carboxylic acid groups (broad SMARTS) is 1. The van der Waals surface area contributed by atoms with E-state index < -0.39 is 5.97 Å². The molecule has 0 saturated carbocycles. The molecule has 0 bridgehead atoms. The Morgan fingerprint density at radius 2 is 2.12 bits per heavy atom. The van der Waals surface area contributed by atoms with Gasteiger partial charge in [-0.2, -0.15) is 0 Å². The summed E-state index contributed by atoms with van der Waals surface area (Å²) in [5, 5.41) is 8.75. The average Bonchev–Trinajstić information content (AvgIpc) is 2.30. The topological polar surface area (TPSA) is 40.5 Å². The second-order valence-corrected chi connectivity index (χ2v) is 4.44. The third-order valence-corrected chi connectivity index (χ3v) is 2.98. The highest BCUT2D eigenvalue weighted by Crippen LogP contribution is 2.17. The van der Waals surface area contributed by atoms with Crippen LogP contribution < -0.4 is 0 Å². The molecule has 2 rings (SSSR count). The van der Waals surface area contributed by atoms with E-state index in [4.69, 9.17) is 5.11 Å². The Morgan fingerprint density at radius 3 is 2.82 bits per heavy atom. The molecule has 0 amide bonds. The van der Waals surface area contributed by atoms with Gasteiger partial charge in [0.2, 0.25) is 0 Å². The maximum Gasteiger partial charge on any atom is 0.328 e. The molecule has 0 spiro atoms. The third-order valence-electron chi connectivity index (χ3n) is 2.98. The maximum atomic E-state index is 10.6. The highest BCUT2D eigenvalue weighted by Gasteiger charge is 2.14. The molecule has 1 fully saturated rings. The molecule has 1 aliphatic rings. The minimum Gasteiger partial charge on any atom is -0.478 e. The Hall–Kier alpha value is -1.61. The van der Waals surface area contributed by atoms with Gasteiger partial charge in [0.1, 0.15) is 0 Å². The van der Waals surface area contributed by atoms with E-state index in [1.807, 2.05) is 18.2 Å². The van der Waals surface area contributed by atoms with Crippen molar-refractivity contribution in [2.24, 2.45) is 0 Å². The first-order chi connectivity index (χ1) is 8.24. The summed E-state index contributed by atoms with van der Waals surface area (Å²) >= 11 is 0. The van der Waals surface area contributed by atoms with Gasteiger partial charge in [-0.1, -0.05) is 30.3 Å². The lowest BCUT2D eigenvalue weighted by molar-refractivity contribution is -0.131. The first-order valence-corrected chi connectivity index (χ1v) is 5.93. The SMILES string of the molecule is O=C(O)/C=C1\CCCN(Cc2ccccc2)C1. The smallest absolute Gasteiger partial charge is 0.328 e. The van der Waals surface area contributed by atoms with Crippen LogP contribution in [0.15, 0.2) is 42.0 Å². The van der Waals surface area contributed by atoms with E-state index in [9.17, 15) is 4.79 Å². The van der Waals surface area contributed by atoms with Crippen molar-refractivity contribution in [3.05, 3.63) is 47.5 Å². The minimum absolute atomic E-state index is 0.779. The number of likely N-dealkylation sites (tertiary alicyclic amines) is 1. The molecule has 0 aromatic heterocycles. The van der Waals surface area contributed by atoms with Gasteiger partial charge in [0.05, 0.1) is 0 Å². The lowest BCUT2D eigenvalue weighted by Gasteiger charge is -2.28. The third kappa shape index (κ3) is 3.71. The number of nitrogens with zero attached hydrogens (tertiary/aromatic N) is 1. The van der Waals surface area contributed by atoms with E-state index >= 15 is 0 Å². The Kier molecular flexibility index (Phi) is 3.94. The van der Waals surface area contributed by atoms with Crippen molar-refractivity contribution in [2.45, 2.75) is 19.4 Å². The summed E-state index contributed by atoms with van der Waals surface area (Å²) < 4.78 is 0. The van der Waals surface area contributed by atoms with Gasteiger partial charge in [0.15, 0.2) is 0 Å². The molecule has 17 heavy (non-hydrogen) atoms. The highest BCUT2D eigenvalue weighted by molar-refractivity contribution is 5.80. The van der Waals surface area contributed by atoms with Gasteiger partial charge in [-0.15, -0.1) is 0 Å². The van der Waals surface area contributed by atoms with Gasteiger partial charge in [-0.05, 0) is 30.5 Å². The van der Waals surface area contributed by atoms with Crippen LogP contribution in [-0.2, 0) is 11.3 Å². The van der Waals surface area contributed by atoms with Gasteiger partial charge in [-0.25, -0.2) is 4.79 Å². The number of hydrogen-bond acceptors (Lipinski definition) is 2. The number of piperidine rings is 1. The molecular weight excluding hydrogens is 214 g/mol. The van der Waals surface area contributed by atoms with Crippen LogP contribution in [0, 0.1) is 0 Å². The minimum atomic E-state index is -0.832. The van der Waals surface area contributed by atoms with Crippen molar-refractivity contribution in [2.75, 3.05) is 13.1 Å². The molecular formula is C14H17NO2. The summed E-state index contributed by atoms with van der Waals surface area (Å²) in [5.41, 5.74) is 2.31. The predicted molar refractivity (Wildman–Crippen MR) is 66.7 cm³/mol. The summed E-state index contributed by atoms with van der Waals surface area (Å²) in [5.74, 6) is -0.832. The van der Waals surface area contributed by atoms with E-state index in [-0.39, 0.29) is 0 Å². The van der Waals surface area contributed by atoms with E-state index in [2.05, 4.69) is 17.0 Å². The fraction of sp³-hybridized carbons (Fsp3) is 0.357. The monoisotopic (exact) mass is 231 g/mol. The molecule has 1 saturated heterocycles. The number of carboxylic acids is 1. The number of hydrogen-bond donors (Lipinski definition) is 1. The van der Waals surface area contributed by atoms with Crippen LogP contribution in [0.3, 0.4) is 0 Å². The van der Waals surface area contributed by atoms with Crippen LogP contribution in [0.25, 0.3) is 0 Å². The molecule has 1 aromatic rings. The van der Waals surface area contributed by atoms with E-state index in [1.54, 1.807) is 0 Å². The van der Waals surface area contributed by atoms with Crippen LogP contribution in [0.4, 0.5) is 0 Å². The summed E-state index contributed by atoms with van der Waals surface area (Å²) in [6.07, 6.45) is 3.32. The van der Waals surface area contributed by atoms with Gasteiger partial charge >= 0.3 is 5.97 Å². The normalized spacial score (nSPS) is 19.4. The second kappa shape index (κ2) is 5.64. The standard InChI is InChI=1S/C14H17NO2/c16-14(17)9-13-7-4-8-15(11-13)10-12-5-2-1-3-6-12/h1-3,5-6,9H,4,7-8,10-11H2,(H,16,17)/b13-9+. The molecule has 0 radical (unpaired) electrons. The largest absolute Gasteiger partial charge is 0.478 e. The highest BCUT2D eigenvalue weighted by atomic mass is 16.4. The van der Waals surface area contributed by atoms with Crippen LogP contribution in [0.1, 0.15) is 18.4 Å². The first kappa shape index (κ1) is 11.9. The van der Waals surface area contributed by atoms with Crippen molar-refractivity contribution in [3.63, 3.8) is 0 Å². The second-order valence-electron chi connectivity index (χ2n) is 4.44. The van der Waals surface area contributed by atoms with Crippen molar-refractivity contribution < 1.29 is 9.90 Å². The Bertz CT molecular complexity index is 411. The maximum absolute atomic E-state index is 10.6. The fourth-order valence-corrected chi connectivity index (χ4v) is 2.24. The summed E-state index contributed by atoms with van der Waals surface area (Å²) in [7, 11) is 0. The zero-order chi connectivity index (χ0) is 12.1. The van der Waals surface area contributed by atoms with Crippen molar-refractivity contribution in [1.29, 1.82) is 0 Å². The number of aliphatic carboxylic acids is 1. The molecule has 1 heterocycles. The number of rotatable bonds is 3. The summed E-state index contributed by atoms with van der Waals surface area (Å²) in [6, 6.07) is 10.3. The molecule has 1 N–H and O–H groups in total. The average molecular weight is 231 g/mol. The predicted octanol–water partition coefficient (Wildman–Crippen LogP) is 2.29. The molecule has 1 aromatic carbocycles. The molecule has 1 aliphatic heterocycles. The van der Waals surface area contributed by atoms with Crippen LogP contribution in [0.5, 0.6) is 0 Å². The molecule has 0 aliphatic carbocycles. The number of benzene rings is 1. The van der Waals surface area contributed by atoms with Gasteiger partial charge in [-0.3, -0.25) is 4.90 Å². The quantitative estimate of drug-likeness (QED) is 0.811. The van der Waals surface area contributed by atoms with E-state index in [1.165, 1.54) is 11.6 Å². The summed E-state index contributed by atoms with van der Waals surface area (Å²) in [6.45, 7) is 2.73. The number of carbonyl (C=O) groups is 1. The zero-order valence-electron chi connectivity index (χ0n) is 9.80. The van der Waals surface area contributed by atoms with Crippen molar-refractivity contribution in [3.8, 4) is 0 Å². The van der Waals surface area contributed by atoms with Crippen molar-refractivity contribution >= 4 is 5.97 Å². The Balaban J connectivity index is 1.96. The zero-order valence-corrected chi connectivity index (χ0v) is 9.80. The van der Waals surface area contributed by atoms with Crippen molar-refractivity contribution in [1.82, 2.24) is 4.90 Å². The fourth-order valence-electron chi connectivity index (χ4n) is 2.24. The first-order valence-electron chi connectivity index (χ1n) is 5.93. The van der Waals surface area contributed by atoms with Gasteiger partial charge < -0.3 is 5.11 Å².